The zero-order valence-corrected chi connectivity index (χ0v) is 16.6. The number of aromatic nitrogens is 4. The molecule has 1 fully saturated rings. The third-order valence-corrected chi connectivity index (χ3v) is 6.29. The van der Waals surface area contributed by atoms with E-state index in [1.165, 1.54) is 24.4 Å². The van der Waals surface area contributed by atoms with Crippen LogP contribution in [-0.4, -0.2) is 42.3 Å². The Morgan fingerprint density at radius 2 is 2.03 bits per heavy atom. The highest BCUT2D eigenvalue weighted by Crippen LogP contribution is 2.33. The van der Waals surface area contributed by atoms with E-state index >= 15 is 0 Å². The molecule has 29 heavy (non-hydrogen) atoms. The van der Waals surface area contributed by atoms with Crippen molar-refractivity contribution >= 4 is 10.9 Å². The highest BCUT2D eigenvalue weighted by molar-refractivity contribution is 5.77. The van der Waals surface area contributed by atoms with Crippen LogP contribution in [0.15, 0.2) is 35.3 Å². The quantitative estimate of drug-likeness (QED) is 0.720. The highest BCUT2D eigenvalue weighted by atomic mass is 16.3. The molecule has 0 bridgehead atoms. The van der Waals surface area contributed by atoms with Crippen LogP contribution in [0.2, 0.25) is 0 Å². The molecule has 2 aliphatic rings. The fourth-order valence-electron chi connectivity index (χ4n) is 4.88. The summed E-state index contributed by atoms with van der Waals surface area (Å²) in [5.41, 5.74) is 1.92. The molecule has 0 spiro atoms. The van der Waals surface area contributed by atoms with Crippen molar-refractivity contribution in [2.75, 3.05) is 13.2 Å². The van der Waals surface area contributed by atoms with E-state index in [0.29, 0.717) is 5.39 Å². The molecule has 152 valence electrons. The number of hydrogen-bond acceptors (Lipinski definition) is 5. The summed E-state index contributed by atoms with van der Waals surface area (Å²) in [7, 11) is 0. The minimum absolute atomic E-state index is 0.0618. The van der Waals surface area contributed by atoms with Gasteiger partial charge in [-0.25, -0.2) is 9.97 Å². The van der Waals surface area contributed by atoms with Gasteiger partial charge in [0.2, 0.25) is 0 Å². The molecule has 1 N–H and O–H groups in total. The van der Waals surface area contributed by atoms with E-state index in [1.54, 1.807) is 4.57 Å². The summed E-state index contributed by atoms with van der Waals surface area (Å²) in [6.45, 7) is 3.05. The van der Waals surface area contributed by atoms with Gasteiger partial charge in [0.25, 0.3) is 5.56 Å². The first kappa shape index (κ1) is 18.5. The number of hydrogen-bond donors (Lipinski definition) is 1. The van der Waals surface area contributed by atoms with Crippen molar-refractivity contribution in [3.8, 4) is 0 Å². The van der Waals surface area contributed by atoms with Gasteiger partial charge in [-0.3, -0.25) is 14.3 Å². The van der Waals surface area contributed by atoms with E-state index in [9.17, 15) is 9.90 Å². The molecule has 4 heterocycles. The van der Waals surface area contributed by atoms with Crippen molar-refractivity contribution in [3.05, 3.63) is 58.2 Å². The minimum atomic E-state index is -0.0736. The average molecular weight is 393 g/mol. The van der Waals surface area contributed by atoms with Crippen LogP contribution in [0.4, 0.5) is 0 Å². The number of aryl methyl sites for hydroxylation is 1. The number of aliphatic hydroxyl groups is 1. The van der Waals surface area contributed by atoms with Crippen molar-refractivity contribution in [1.82, 2.24) is 24.0 Å². The Labute approximate surface area is 169 Å². The Kier molecular flexibility index (Phi) is 4.93. The summed E-state index contributed by atoms with van der Waals surface area (Å²) in [6.07, 6.45) is 7.56. The Hall–Kier alpha value is -2.51. The molecule has 2 aromatic heterocycles. The van der Waals surface area contributed by atoms with E-state index in [1.807, 2.05) is 30.5 Å². The molecule has 0 saturated carbocycles. The third-order valence-electron chi connectivity index (χ3n) is 6.29. The van der Waals surface area contributed by atoms with Gasteiger partial charge in [-0.05, 0) is 44.4 Å². The van der Waals surface area contributed by atoms with E-state index in [0.717, 1.165) is 50.2 Å². The van der Waals surface area contributed by atoms with E-state index < -0.39 is 0 Å². The molecule has 0 amide bonds. The monoisotopic (exact) mass is 393 g/mol. The largest absolute Gasteiger partial charge is 0.395 e. The fraction of sp³-hybridized carbons (Fsp3) is 0.500. The third kappa shape index (κ3) is 3.28. The van der Waals surface area contributed by atoms with Crippen LogP contribution in [0.3, 0.4) is 0 Å². The maximum atomic E-state index is 13.1. The number of likely N-dealkylation sites (tertiary alicyclic amines) is 1. The fourth-order valence-corrected chi connectivity index (χ4v) is 4.88. The van der Waals surface area contributed by atoms with Crippen LogP contribution in [0.5, 0.6) is 0 Å². The second-order valence-electron chi connectivity index (χ2n) is 8.07. The number of imidazole rings is 1. The Bertz CT molecular complexity index is 1090. The van der Waals surface area contributed by atoms with Gasteiger partial charge in [0.05, 0.1) is 35.8 Å². The number of nitrogens with zero attached hydrogens (tertiary/aromatic N) is 5. The number of aliphatic hydroxyl groups excluding tert-OH is 1. The number of fused-ring (bicyclic) bond motifs is 2. The van der Waals surface area contributed by atoms with E-state index in [-0.39, 0.29) is 24.8 Å². The summed E-state index contributed by atoms with van der Waals surface area (Å²) in [5, 5.41) is 10.2. The predicted octanol–water partition coefficient (Wildman–Crippen LogP) is 2.26. The molecule has 0 radical (unpaired) electrons. The highest BCUT2D eigenvalue weighted by Gasteiger charge is 2.31. The van der Waals surface area contributed by atoms with Crippen molar-refractivity contribution in [1.29, 1.82) is 0 Å². The first-order chi connectivity index (χ1) is 14.3. The SMILES string of the molecule is O=c1c2ccccc2nc(C2CCCN2Cc2cnc3n2CCCC3)n1CCO. The summed E-state index contributed by atoms with van der Waals surface area (Å²) < 4.78 is 4.05. The zero-order valence-electron chi connectivity index (χ0n) is 16.6. The number of para-hydroxylation sites is 1. The van der Waals surface area contributed by atoms with Crippen molar-refractivity contribution in [3.63, 3.8) is 0 Å². The van der Waals surface area contributed by atoms with Crippen LogP contribution in [0.1, 0.15) is 49.1 Å². The first-order valence-electron chi connectivity index (χ1n) is 10.6. The van der Waals surface area contributed by atoms with Crippen molar-refractivity contribution in [2.24, 2.45) is 0 Å². The van der Waals surface area contributed by atoms with Gasteiger partial charge in [-0.2, -0.15) is 0 Å². The summed E-state index contributed by atoms with van der Waals surface area (Å²) in [4.78, 5) is 25.0. The van der Waals surface area contributed by atoms with Crippen LogP contribution in [0, 0.1) is 0 Å². The van der Waals surface area contributed by atoms with E-state index in [4.69, 9.17) is 4.98 Å². The summed E-state index contributed by atoms with van der Waals surface area (Å²) in [6, 6.07) is 7.57. The normalized spacial score (nSPS) is 19.7. The Balaban J connectivity index is 1.52. The molecule has 1 atom stereocenters. The molecular weight excluding hydrogens is 366 g/mol. The lowest BCUT2D eigenvalue weighted by Crippen LogP contribution is -2.33. The van der Waals surface area contributed by atoms with Crippen LogP contribution >= 0.6 is 0 Å². The summed E-state index contributed by atoms with van der Waals surface area (Å²) >= 11 is 0. The van der Waals surface area contributed by atoms with Crippen LogP contribution < -0.4 is 5.56 Å². The lowest BCUT2D eigenvalue weighted by atomic mass is 10.1. The second-order valence-corrected chi connectivity index (χ2v) is 8.07. The van der Waals surface area contributed by atoms with Gasteiger partial charge in [-0.15, -0.1) is 0 Å². The van der Waals surface area contributed by atoms with Gasteiger partial charge in [-0.1, -0.05) is 12.1 Å². The smallest absolute Gasteiger partial charge is 0.261 e. The molecule has 7 heteroatoms. The molecule has 1 saturated heterocycles. The molecule has 1 unspecified atom stereocenters. The number of rotatable bonds is 5. The minimum Gasteiger partial charge on any atom is -0.395 e. The molecule has 5 rings (SSSR count). The van der Waals surface area contributed by atoms with Crippen molar-refractivity contribution in [2.45, 2.75) is 57.8 Å². The number of benzene rings is 1. The molecule has 3 aromatic rings. The van der Waals surface area contributed by atoms with Crippen LogP contribution in [-0.2, 0) is 26.1 Å². The average Bonchev–Trinajstić information content (AvgIpc) is 3.38. The lowest BCUT2D eigenvalue weighted by Gasteiger charge is -2.27. The molecular formula is C22H27N5O2. The molecule has 7 nitrogen and oxygen atoms in total. The molecule has 1 aromatic carbocycles. The van der Waals surface area contributed by atoms with Gasteiger partial charge in [0, 0.05) is 25.7 Å². The molecule has 0 aliphatic carbocycles. The molecule has 2 aliphatic heterocycles. The van der Waals surface area contributed by atoms with Gasteiger partial charge >= 0.3 is 0 Å². The second kappa shape index (κ2) is 7.72. The lowest BCUT2D eigenvalue weighted by molar-refractivity contribution is 0.218. The van der Waals surface area contributed by atoms with Crippen LogP contribution in [0.25, 0.3) is 10.9 Å². The zero-order chi connectivity index (χ0) is 19.8. The Morgan fingerprint density at radius 1 is 1.14 bits per heavy atom. The summed E-state index contributed by atoms with van der Waals surface area (Å²) in [5.74, 6) is 1.97. The van der Waals surface area contributed by atoms with Gasteiger partial charge in [0.1, 0.15) is 11.6 Å². The maximum absolute atomic E-state index is 13.1. The first-order valence-corrected chi connectivity index (χ1v) is 10.6. The van der Waals surface area contributed by atoms with Gasteiger partial charge < -0.3 is 9.67 Å². The topological polar surface area (TPSA) is 76.2 Å². The van der Waals surface area contributed by atoms with Gasteiger partial charge in [0.15, 0.2) is 0 Å². The predicted molar refractivity (Wildman–Crippen MR) is 111 cm³/mol. The maximum Gasteiger partial charge on any atom is 0.261 e. The standard InChI is InChI=1S/C22H27N5O2/c28-13-12-27-21(24-18-7-2-1-6-17(18)22(27)29)19-8-5-10-25(19)15-16-14-23-20-9-3-4-11-26(16)20/h1-2,6-7,14,19,28H,3-5,8-13,15H2. The van der Waals surface area contributed by atoms with E-state index in [2.05, 4.69) is 14.5 Å². The Morgan fingerprint density at radius 3 is 2.93 bits per heavy atom. The van der Waals surface area contributed by atoms with Crippen molar-refractivity contribution < 1.29 is 5.11 Å².